The van der Waals surface area contributed by atoms with Crippen molar-refractivity contribution in [3.8, 4) is 0 Å². The van der Waals surface area contributed by atoms with Gasteiger partial charge in [0.1, 0.15) is 5.53 Å². The topological polar surface area (TPSA) is 136 Å². The number of carboxylic acids is 1. The highest BCUT2D eigenvalue weighted by atomic mass is 19.1. The van der Waals surface area contributed by atoms with E-state index < -0.39 is 11.8 Å². The number of pyridine rings is 1. The van der Waals surface area contributed by atoms with E-state index in [4.69, 9.17) is 10.6 Å². The first kappa shape index (κ1) is 13.4. The summed E-state index contributed by atoms with van der Waals surface area (Å²) >= 11 is 0. The lowest BCUT2D eigenvalue weighted by molar-refractivity contribution is 0.0696. The summed E-state index contributed by atoms with van der Waals surface area (Å²) in [4.78, 5) is 17.3. The summed E-state index contributed by atoms with van der Waals surface area (Å²) in [5.41, 5.74) is 6.79. The Balaban J connectivity index is 0.00000162. The molecule has 2 aromatic rings. The molecule has 7 nitrogen and oxygen atoms in total. The Labute approximate surface area is 100 Å². The molecule has 18 heavy (non-hydrogen) atoms. The van der Waals surface area contributed by atoms with Crippen LogP contribution in [0.3, 0.4) is 0 Å². The fourth-order valence-corrected chi connectivity index (χ4v) is 1.38. The van der Waals surface area contributed by atoms with Gasteiger partial charge in [0, 0.05) is 17.6 Å². The van der Waals surface area contributed by atoms with E-state index in [2.05, 4.69) is 15.0 Å². The molecule has 0 fully saturated rings. The first-order valence-corrected chi connectivity index (χ1v) is 4.52. The van der Waals surface area contributed by atoms with Gasteiger partial charge < -0.3 is 11.3 Å². The molecule has 1 heterocycles. The van der Waals surface area contributed by atoms with Crippen molar-refractivity contribution in [2.45, 2.75) is 0 Å². The second kappa shape index (κ2) is 5.09. The van der Waals surface area contributed by atoms with Crippen LogP contribution >= 0.6 is 0 Å². The number of hydrogen-bond acceptors (Lipinski definition) is 5. The van der Waals surface area contributed by atoms with E-state index in [0.717, 1.165) is 6.07 Å². The van der Waals surface area contributed by atoms with Crippen molar-refractivity contribution >= 4 is 22.6 Å². The third-order valence-electron chi connectivity index (χ3n) is 2.15. The van der Waals surface area contributed by atoms with Gasteiger partial charge in [0.15, 0.2) is 16.6 Å². The van der Waals surface area contributed by atoms with Gasteiger partial charge >= 0.3 is 5.97 Å². The molecule has 0 spiro atoms. The zero-order chi connectivity index (χ0) is 12.4. The number of nitrogens with one attached hydrogen (secondary N) is 1. The normalized spacial score (nSPS) is 9.39. The van der Waals surface area contributed by atoms with Gasteiger partial charge in [0.2, 0.25) is 4.91 Å². The molecule has 2 rings (SSSR count). The summed E-state index contributed by atoms with van der Waals surface area (Å²) in [6.07, 6.45) is 1.17. The van der Waals surface area contributed by atoms with Crippen molar-refractivity contribution in [1.82, 2.24) is 16.0 Å². The molecule has 0 radical (unpaired) electrons. The van der Waals surface area contributed by atoms with Crippen LogP contribution < -0.4 is 11.1 Å². The molecular weight excluding hydrogens is 241 g/mol. The second-order valence-electron chi connectivity index (χ2n) is 3.23. The second-order valence-corrected chi connectivity index (χ2v) is 3.23. The molecule has 5 N–H and O–H groups in total. The lowest BCUT2D eigenvalue weighted by Gasteiger charge is -1.99. The van der Waals surface area contributed by atoms with Crippen LogP contribution in [0, 0.1) is 11.3 Å². The van der Waals surface area contributed by atoms with Crippen LogP contribution in [0.2, 0.25) is 0 Å². The quantitative estimate of drug-likeness (QED) is 0.556. The number of hydrogen-bond donors (Lipinski definition) is 3. The Hall–Kier alpha value is -2.70. The van der Waals surface area contributed by atoms with Crippen LogP contribution in [-0.2, 0) is 0 Å². The summed E-state index contributed by atoms with van der Waals surface area (Å²) in [5.74, 6) is -1.81. The summed E-state index contributed by atoms with van der Waals surface area (Å²) in [7, 11) is 0. The number of fused-ring (bicyclic) bond motifs is 1. The van der Waals surface area contributed by atoms with Crippen LogP contribution in [0.15, 0.2) is 29.5 Å². The van der Waals surface area contributed by atoms with Crippen LogP contribution in [0.25, 0.3) is 10.9 Å². The number of aromatic nitrogens is 1. The maximum absolute atomic E-state index is 13.4. The average Bonchev–Trinajstić information content (AvgIpc) is 2.29. The van der Waals surface area contributed by atoms with E-state index in [-0.39, 0.29) is 17.4 Å². The van der Waals surface area contributed by atoms with Crippen molar-refractivity contribution in [1.29, 1.82) is 5.53 Å². The lowest BCUT2D eigenvalue weighted by Crippen LogP contribution is -1.97. The fourth-order valence-electron chi connectivity index (χ4n) is 1.38. The van der Waals surface area contributed by atoms with E-state index in [1.807, 2.05) is 0 Å². The summed E-state index contributed by atoms with van der Waals surface area (Å²) in [6.45, 7) is 0. The van der Waals surface area contributed by atoms with Crippen LogP contribution in [0.1, 0.15) is 10.4 Å². The Morgan fingerprint density at radius 2 is 2.17 bits per heavy atom. The van der Waals surface area contributed by atoms with Crippen LogP contribution in [0.4, 0.5) is 10.1 Å². The van der Waals surface area contributed by atoms with Gasteiger partial charge in [-0.1, -0.05) is 0 Å². The molecule has 0 atom stereocenters. The van der Waals surface area contributed by atoms with Crippen molar-refractivity contribution in [2.75, 3.05) is 0 Å². The van der Waals surface area contributed by atoms with E-state index in [9.17, 15) is 9.18 Å². The predicted molar refractivity (Wildman–Crippen MR) is 60.6 cm³/mol. The Bertz CT molecular complexity index is 667. The molecule has 92 valence electrons. The molecular formula is C10H9FN5O2+. The van der Waals surface area contributed by atoms with Gasteiger partial charge in [-0.25, -0.2) is 9.18 Å². The lowest BCUT2D eigenvalue weighted by atomic mass is 10.1. The Morgan fingerprint density at radius 3 is 2.78 bits per heavy atom. The van der Waals surface area contributed by atoms with Gasteiger partial charge in [-0.2, -0.15) is 0 Å². The van der Waals surface area contributed by atoms with Gasteiger partial charge in [0.25, 0.3) is 0 Å². The summed E-state index contributed by atoms with van der Waals surface area (Å²) < 4.78 is 13.4. The van der Waals surface area contributed by atoms with Crippen molar-refractivity contribution in [3.63, 3.8) is 0 Å². The minimum Gasteiger partial charge on any atom is -0.478 e. The molecule has 0 amide bonds. The molecule has 1 aromatic heterocycles. The monoisotopic (exact) mass is 250 g/mol. The number of aromatic carboxylic acids is 1. The maximum atomic E-state index is 13.4. The number of nitrogens with zero attached hydrogens (tertiary/aromatic N) is 3. The first-order chi connectivity index (χ1) is 8.11. The van der Waals surface area contributed by atoms with Crippen LogP contribution in [0.5, 0.6) is 0 Å². The number of benzene rings is 1. The molecule has 0 bridgehead atoms. The molecule has 0 unspecified atom stereocenters. The number of carbonyl (C=O) groups is 1. The third-order valence-corrected chi connectivity index (χ3v) is 2.15. The largest absolute Gasteiger partial charge is 0.478 e. The number of rotatable bonds is 2. The van der Waals surface area contributed by atoms with Gasteiger partial charge in [-0.05, 0) is 12.1 Å². The third kappa shape index (κ3) is 2.34. The molecule has 0 aliphatic carbocycles. The van der Waals surface area contributed by atoms with Crippen LogP contribution in [-0.4, -0.2) is 16.1 Å². The van der Waals surface area contributed by atoms with E-state index >= 15 is 0 Å². The van der Waals surface area contributed by atoms with Gasteiger partial charge in [0.05, 0.1) is 11.1 Å². The van der Waals surface area contributed by atoms with E-state index in [0.29, 0.717) is 10.9 Å². The molecule has 1 aromatic carbocycles. The minimum atomic E-state index is -1.13. The van der Waals surface area contributed by atoms with Crippen molar-refractivity contribution in [3.05, 3.63) is 35.8 Å². The average molecular weight is 250 g/mol. The highest BCUT2D eigenvalue weighted by Gasteiger charge is 2.11. The number of halogens is 1. The minimum absolute atomic E-state index is 0. The van der Waals surface area contributed by atoms with Crippen molar-refractivity contribution < 1.29 is 14.3 Å². The molecule has 0 saturated carbocycles. The highest BCUT2D eigenvalue weighted by Crippen LogP contribution is 2.24. The molecule has 8 heteroatoms. The SMILES string of the molecule is N.N=[N+]=Nc1cc2ncc(C(=O)O)cc2cc1F. The zero-order valence-corrected chi connectivity index (χ0v) is 9.09. The van der Waals surface area contributed by atoms with E-state index in [1.54, 1.807) is 0 Å². The Morgan fingerprint density at radius 1 is 1.44 bits per heavy atom. The van der Waals surface area contributed by atoms with Gasteiger partial charge in [-0.3, -0.25) is 4.98 Å². The molecule has 0 aliphatic heterocycles. The zero-order valence-electron chi connectivity index (χ0n) is 9.09. The Kier molecular flexibility index (Phi) is 3.78. The van der Waals surface area contributed by atoms with Crippen molar-refractivity contribution in [2.24, 2.45) is 5.11 Å². The number of carboxylic acid groups (broad SMARTS) is 1. The summed E-state index contributed by atoms with van der Waals surface area (Å²) in [5, 5.41) is 12.4. The fraction of sp³-hybridized carbons (Fsp3) is 0. The van der Waals surface area contributed by atoms with E-state index in [1.165, 1.54) is 18.3 Å². The predicted octanol–water partition coefficient (Wildman–Crippen LogP) is 2.42. The standard InChI is InChI=1S/C10H5FN4O2.H3N/c11-7-2-5-1-6(10(16)17)4-13-8(5)3-9(7)14-15-12;/h1-4,12H;1H3/p+1. The summed E-state index contributed by atoms with van der Waals surface area (Å²) in [6, 6.07) is 3.72. The van der Waals surface area contributed by atoms with Gasteiger partial charge in [-0.15, -0.1) is 0 Å². The smallest absolute Gasteiger partial charge is 0.337 e. The molecule has 0 saturated heterocycles. The molecule has 0 aliphatic rings. The first-order valence-electron chi connectivity index (χ1n) is 4.52. The highest BCUT2D eigenvalue weighted by molar-refractivity contribution is 5.93. The maximum Gasteiger partial charge on any atom is 0.337 e.